The summed E-state index contributed by atoms with van der Waals surface area (Å²) in [6.45, 7) is -0.109. The van der Waals surface area contributed by atoms with Gasteiger partial charge in [0.05, 0.1) is 15.0 Å². The molecule has 7 heteroatoms. The van der Waals surface area contributed by atoms with Crippen LogP contribution in [-0.4, -0.2) is 17.3 Å². The fourth-order valence-corrected chi connectivity index (χ4v) is 2.04. The molecule has 1 aliphatic rings. The Morgan fingerprint density at radius 3 is 2.39 bits per heavy atom. The molecule has 1 saturated carbocycles. The van der Waals surface area contributed by atoms with Gasteiger partial charge in [-0.2, -0.15) is 0 Å². The fraction of sp³-hybridized carbons (Fsp3) is 0.364. The number of ether oxygens (including phenoxy) is 1. The Balaban J connectivity index is 2.12. The van der Waals surface area contributed by atoms with Crippen LogP contribution in [0.3, 0.4) is 0 Å². The number of rotatable bonds is 5. The fourth-order valence-electron chi connectivity index (χ4n) is 1.46. The lowest BCUT2D eigenvalue weighted by Crippen LogP contribution is -2.13. The number of nitrogens with zero attached hydrogens (tertiary/aromatic N) is 1. The molecule has 0 bridgehead atoms. The minimum Gasteiger partial charge on any atom is -0.483 e. The van der Waals surface area contributed by atoms with Crippen LogP contribution in [0.2, 0.25) is 10.0 Å². The summed E-state index contributed by atoms with van der Waals surface area (Å²) in [5.41, 5.74) is -0.217. The van der Waals surface area contributed by atoms with Crippen molar-refractivity contribution in [1.82, 2.24) is 0 Å². The van der Waals surface area contributed by atoms with Crippen LogP contribution in [0.15, 0.2) is 12.1 Å². The van der Waals surface area contributed by atoms with Crippen LogP contribution in [0.4, 0.5) is 5.69 Å². The van der Waals surface area contributed by atoms with Crippen LogP contribution < -0.4 is 4.74 Å². The summed E-state index contributed by atoms with van der Waals surface area (Å²) in [5, 5.41) is 10.6. The molecule has 0 aromatic heterocycles. The Morgan fingerprint density at radius 2 is 1.94 bits per heavy atom. The molecule has 0 spiro atoms. The van der Waals surface area contributed by atoms with Crippen molar-refractivity contribution in [3.05, 3.63) is 32.3 Å². The van der Waals surface area contributed by atoms with Crippen LogP contribution in [-0.2, 0) is 4.79 Å². The van der Waals surface area contributed by atoms with Gasteiger partial charge in [-0.3, -0.25) is 14.9 Å². The topological polar surface area (TPSA) is 69.4 Å². The predicted molar refractivity (Wildman–Crippen MR) is 66.3 cm³/mol. The van der Waals surface area contributed by atoms with Crippen molar-refractivity contribution in [3.8, 4) is 5.75 Å². The van der Waals surface area contributed by atoms with Crippen molar-refractivity contribution in [3.63, 3.8) is 0 Å². The average Bonchev–Trinajstić information content (AvgIpc) is 3.10. The predicted octanol–water partition coefficient (Wildman–Crippen LogP) is 3.26. The van der Waals surface area contributed by atoms with Gasteiger partial charge < -0.3 is 4.74 Å². The largest absolute Gasteiger partial charge is 0.483 e. The standard InChI is InChI=1S/C11H9Cl2NO4/c12-8-3-7(14(16)17)4-9(13)11(8)18-5-10(15)6-1-2-6/h3-4,6H,1-2,5H2. The highest BCUT2D eigenvalue weighted by Crippen LogP contribution is 2.37. The Bertz CT molecular complexity index is 491. The lowest BCUT2D eigenvalue weighted by Gasteiger charge is -2.08. The first kappa shape index (κ1) is 13.1. The highest BCUT2D eigenvalue weighted by atomic mass is 35.5. The third-order valence-corrected chi connectivity index (χ3v) is 3.15. The van der Waals surface area contributed by atoms with Crippen LogP contribution in [0.1, 0.15) is 12.8 Å². The summed E-state index contributed by atoms with van der Waals surface area (Å²) in [7, 11) is 0. The van der Waals surface area contributed by atoms with Gasteiger partial charge in [-0.1, -0.05) is 23.2 Å². The molecule has 2 rings (SSSR count). The molecule has 0 heterocycles. The van der Waals surface area contributed by atoms with Crippen molar-refractivity contribution in [2.24, 2.45) is 5.92 Å². The number of benzene rings is 1. The second-order valence-corrected chi connectivity index (χ2v) is 4.84. The second kappa shape index (κ2) is 5.12. The maximum atomic E-state index is 11.5. The molecule has 0 saturated heterocycles. The van der Waals surface area contributed by atoms with Crippen molar-refractivity contribution < 1.29 is 14.5 Å². The molecule has 1 aliphatic carbocycles. The molecule has 0 amide bonds. The zero-order valence-electron chi connectivity index (χ0n) is 9.19. The minimum atomic E-state index is -0.600. The lowest BCUT2D eigenvalue weighted by molar-refractivity contribution is -0.384. The third kappa shape index (κ3) is 2.91. The van der Waals surface area contributed by atoms with E-state index in [2.05, 4.69) is 0 Å². The van der Waals surface area contributed by atoms with Gasteiger partial charge in [-0.05, 0) is 12.8 Å². The summed E-state index contributed by atoms with van der Waals surface area (Å²) < 4.78 is 5.23. The van der Waals surface area contributed by atoms with E-state index in [9.17, 15) is 14.9 Å². The van der Waals surface area contributed by atoms with Gasteiger partial charge in [-0.15, -0.1) is 0 Å². The maximum Gasteiger partial charge on any atom is 0.272 e. The molecule has 0 radical (unpaired) electrons. The van der Waals surface area contributed by atoms with Crippen molar-refractivity contribution in [2.45, 2.75) is 12.8 Å². The van der Waals surface area contributed by atoms with Gasteiger partial charge in [0.25, 0.3) is 5.69 Å². The van der Waals surface area contributed by atoms with Crippen LogP contribution >= 0.6 is 23.2 Å². The maximum absolute atomic E-state index is 11.5. The number of non-ortho nitro benzene ring substituents is 1. The first-order valence-corrected chi connectivity index (χ1v) is 6.03. The third-order valence-electron chi connectivity index (χ3n) is 2.59. The average molecular weight is 290 g/mol. The van der Waals surface area contributed by atoms with Crippen molar-refractivity contribution in [2.75, 3.05) is 6.61 Å². The van der Waals surface area contributed by atoms with E-state index in [1.807, 2.05) is 0 Å². The molecule has 18 heavy (non-hydrogen) atoms. The van der Waals surface area contributed by atoms with Crippen molar-refractivity contribution >= 4 is 34.7 Å². The molecular weight excluding hydrogens is 281 g/mol. The van der Waals surface area contributed by atoms with Gasteiger partial charge in [0.2, 0.25) is 0 Å². The van der Waals surface area contributed by atoms with E-state index in [1.54, 1.807) is 0 Å². The Kier molecular flexibility index (Phi) is 3.73. The molecule has 0 N–H and O–H groups in total. The summed E-state index contributed by atoms with van der Waals surface area (Å²) >= 11 is 11.7. The number of Topliss-reactive ketones (excluding diaryl/α,β-unsaturated/α-hetero) is 1. The van der Waals surface area contributed by atoms with E-state index in [-0.39, 0.29) is 39.8 Å². The highest BCUT2D eigenvalue weighted by Gasteiger charge is 2.30. The number of carbonyl (C=O) groups excluding carboxylic acids is 1. The van der Waals surface area contributed by atoms with Gasteiger partial charge in [0.1, 0.15) is 6.61 Å². The van der Waals surface area contributed by atoms with Crippen molar-refractivity contribution in [1.29, 1.82) is 0 Å². The summed E-state index contributed by atoms with van der Waals surface area (Å²) in [5.74, 6) is 0.194. The molecule has 5 nitrogen and oxygen atoms in total. The van der Waals surface area contributed by atoms with Gasteiger partial charge in [0.15, 0.2) is 11.5 Å². The van der Waals surface area contributed by atoms with E-state index < -0.39 is 4.92 Å². The smallest absolute Gasteiger partial charge is 0.272 e. The first-order valence-electron chi connectivity index (χ1n) is 5.28. The summed E-state index contributed by atoms with van der Waals surface area (Å²) in [6, 6.07) is 2.29. The summed E-state index contributed by atoms with van der Waals surface area (Å²) in [6.07, 6.45) is 1.79. The quantitative estimate of drug-likeness (QED) is 0.616. The Labute approximate surface area is 113 Å². The van der Waals surface area contributed by atoms with Crippen LogP contribution in [0.25, 0.3) is 0 Å². The van der Waals surface area contributed by atoms with E-state index in [1.165, 1.54) is 0 Å². The van der Waals surface area contributed by atoms with Gasteiger partial charge >= 0.3 is 0 Å². The van der Waals surface area contributed by atoms with Gasteiger partial charge in [-0.25, -0.2) is 0 Å². The lowest BCUT2D eigenvalue weighted by atomic mass is 10.3. The molecule has 0 unspecified atom stereocenters. The monoisotopic (exact) mass is 289 g/mol. The molecule has 1 fully saturated rings. The Morgan fingerprint density at radius 1 is 1.39 bits per heavy atom. The molecule has 1 aromatic rings. The molecule has 0 aliphatic heterocycles. The van der Waals surface area contributed by atoms with E-state index in [4.69, 9.17) is 27.9 Å². The van der Waals surface area contributed by atoms with Gasteiger partial charge in [0, 0.05) is 18.1 Å². The van der Waals surface area contributed by atoms with E-state index in [0.717, 1.165) is 25.0 Å². The number of hydrogen-bond acceptors (Lipinski definition) is 4. The zero-order valence-corrected chi connectivity index (χ0v) is 10.7. The number of nitro benzene ring substituents is 1. The normalized spacial score (nSPS) is 14.3. The Hall–Kier alpha value is -1.33. The number of nitro groups is 1. The number of carbonyl (C=O) groups is 1. The summed E-state index contributed by atoms with van der Waals surface area (Å²) in [4.78, 5) is 21.4. The minimum absolute atomic E-state index is 0.000450. The number of halogens is 2. The van der Waals surface area contributed by atoms with E-state index >= 15 is 0 Å². The molecule has 0 atom stereocenters. The second-order valence-electron chi connectivity index (χ2n) is 4.02. The van der Waals surface area contributed by atoms with Crippen LogP contribution in [0, 0.1) is 16.0 Å². The SMILES string of the molecule is O=C(COc1c(Cl)cc([N+](=O)[O-])cc1Cl)C1CC1. The van der Waals surface area contributed by atoms with E-state index in [0.29, 0.717) is 0 Å². The molecule has 96 valence electrons. The number of hydrogen-bond donors (Lipinski definition) is 0. The first-order chi connectivity index (χ1) is 8.49. The molecular formula is C11H9Cl2NO4. The zero-order chi connectivity index (χ0) is 13.3. The highest BCUT2D eigenvalue weighted by molar-refractivity contribution is 6.37. The number of ketones is 1. The molecule has 1 aromatic carbocycles. The van der Waals surface area contributed by atoms with Crippen LogP contribution in [0.5, 0.6) is 5.75 Å².